The van der Waals surface area contributed by atoms with Gasteiger partial charge in [-0.1, -0.05) is 6.92 Å². The lowest BCUT2D eigenvalue weighted by atomic mass is 10.1. The van der Waals surface area contributed by atoms with Gasteiger partial charge >= 0.3 is 0 Å². The SMILES string of the molecule is CC(CN)CCC(=O)NC(C)C1CCCO1. The van der Waals surface area contributed by atoms with E-state index in [0.29, 0.717) is 18.9 Å². The Hall–Kier alpha value is -0.610. The average molecular weight is 228 g/mol. The Morgan fingerprint density at radius 3 is 2.88 bits per heavy atom. The van der Waals surface area contributed by atoms with Crippen LogP contribution in [0.1, 0.15) is 39.5 Å². The van der Waals surface area contributed by atoms with Crippen LogP contribution in [0.5, 0.6) is 0 Å². The highest BCUT2D eigenvalue weighted by molar-refractivity contribution is 5.76. The van der Waals surface area contributed by atoms with Crippen molar-refractivity contribution in [3.63, 3.8) is 0 Å². The maximum absolute atomic E-state index is 11.6. The summed E-state index contributed by atoms with van der Waals surface area (Å²) in [7, 11) is 0. The molecule has 1 heterocycles. The fraction of sp³-hybridized carbons (Fsp3) is 0.917. The molecule has 1 saturated heterocycles. The van der Waals surface area contributed by atoms with E-state index in [1.807, 2.05) is 6.92 Å². The van der Waals surface area contributed by atoms with E-state index in [2.05, 4.69) is 12.2 Å². The topological polar surface area (TPSA) is 64.4 Å². The molecule has 0 aliphatic carbocycles. The first-order valence-electron chi connectivity index (χ1n) is 6.24. The van der Waals surface area contributed by atoms with Crippen molar-refractivity contribution in [1.29, 1.82) is 0 Å². The molecule has 0 radical (unpaired) electrons. The number of hydrogen-bond acceptors (Lipinski definition) is 3. The summed E-state index contributed by atoms with van der Waals surface area (Å²) in [6, 6.07) is 0.128. The molecule has 16 heavy (non-hydrogen) atoms. The van der Waals surface area contributed by atoms with E-state index in [1.54, 1.807) is 0 Å². The van der Waals surface area contributed by atoms with E-state index in [1.165, 1.54) is 0 Å². The molecule has 4 nitrogen and oxygen atoms in total. The number of nitrogens with two attached hydrogens (primary N) is 1. The Morgan fingerprint density at radius 2 is 2.31 bits per heavy atom. The molecule has 3 atom stereocenters. The van der Waals surface area contributed by atoms with Crippen molar-refractivity contribution in [1.82, 2.24) is 5.32 Å². The molecular weight excluding hydrogens is 204 g/mol. The molecule has 1 aliphatic rings. The lowest BCUT2D eigenvalue weighted by Crippen LogP contribution is -2.40. The third-order valence-electron chi connectivity index (χ3n) is 3.18. The number of amides is 1. The van der Waals surface area contributed by atoms with Crippen LogP contribution in [-0.2, 0) is 9.53 Å². The molecule has 1 rings (SSSR count). The summed E-state index contributed by atoms with van der Waals surface area (Å²) >= 11 is 0. The zero-order chi connectivity index (χ0) is 12.0. The van der Waals surface area contributed by atoms with E-state index in [4.69, 9.17) is 10.5 Å². The quantitative estimate of drug-likeness (QED) is 0.714. The van der Waals surface area contributed by atoms with Crippen LogP contribution in [0.15, 0.2) is 0 Å². The standard InChI is InChI=1S/C12H24N2O2/c1-9(8-13)5-6-12(15)14-10(2)11-4-3-7-16-11/h9-11H,3-8,13H2,1-2H3,(H,14,15). The third kappa shape index (κ3) is 4.49. The molecule has 3 unspecified atom stereocenters. The number of hydrogen-bond donors (Lipinski definition) is 2. The Labute approximate surface area is 97.9 Å². The molecule has 1 fully saturated rings. The number of rotatable bonds is 6. The van der Waals surface area contributed by atoms with Crippen LogP contribution in [0.3, 0.4) is 0 Å². The van der Waals surface area contributed by atoms with Gasteiger partial charge in [-0.25, -0.2) is 0 Å². The second kappa shape index (κ2) is 6.86. The van der Waals surface area contributed by atoms with Gasteiger partial charge in [0.2, 0.25) is 5.91 Å². The smallest absolute Gasteiger partial charge is 0.220 e. The van der Waals surface area contributed by atoms with Gasteiger partial charge in [-0.05, 0) is 38.6 Å². The highest BCUT2D eigenvalue weighted by Gasteiger charge is 2.23. The molecule has 0 spiro atoms. The van der Waals surface area contributed by atoms with Crippen molar-refractivity contribution in [3.8, 4) is 0 Å². The van der Waals surface area contributed by atoms with Crippen molar-refractivity contribution >= 4 is 5.91 Å². The van der Waals surface area contributed by atoms with E-state index >= 15 is 0 Å². The van der Waals surface area contributed by atoms with Crippen LogP contribution < -0.4 is 11.1 Å². The molecular formula is C12H24N2O2. The van der Waals surface area contributed by atoms with Crippen LogP contribution in [0.2, 0.25) is 0 Å². The van der Waals surface area contributed by atoms with Gasteiger partial charge in [-0.15, -0.1) is 0 Å². The second-order valence-corrected chi connectivity index (χ2v) is 4.79. The number of carbonyl (C=O) groups is 1. The summed E-state index contributed by atoms with van der Waals surface area (Å²) in [6.07, 6.45) is 3.79. The molecule has 1 amide bonds. The second-order valence-electron chi connectivity index (χ2n) is 4.79. The van der Waals surface area contributed by atoms with E-state index in [-0.39, 0.29) is 18.1 Å². The fourth-order valence-corrected chi connectivity index (χ4v) is 1.91. The van der Waals surface area contributed by atoms with Crippen LogP contribution in [0.25, 0.3) is 0 Å². The summed E-state index contributed by atoms with van der Waals surface area (Å²) in [5.74, 6) is 0.534. The normalized spacial score (nSPS) is 24.1. The zero-order valence-corrected chi connectivity index (χ0v) is 10.4. The summed E-state index contributed by atoms with van der Waals surface area (Å²) < 4.78 is 5.53. The third-order valence-corrected chi connectivity index (χ3v) is 3.18. The lowest BCUT2D eigenvalue weighted by molar-refractivity contribution is -0.122. The lowest BCUT2D eigenvalue weighted by Gasteiger charge is -2.20. The van der Waals surface area contributed by atoms with Crippen LogP contribution in [-0.4, -0.2) is 31.2 Å². The number of carbonyl (C=O) groups excluding carboxylic acids is 1. The maximum atomic E-state index is 11.6. The Bertz CT molecular complexity index is 215. The highest BCUT2D eigenvalue weighted by atomic mass is 16.5. The minimum absolute atomic E-state index is 0.114. The van der Waals surface area contributed by atoms with Gasteiger partial charge in [0.25, 0.3) is 0 Å². The van der Waals surface area contributed by atoms with Gasteiger partial charge in [-0.3, -0.25) is 4.79 Å². The average Bonchev–Trinajstić information content (AvgIpc) is 2.79. The van der Waals surface area contributed by atoms with E-state index in [0.717, 1.165) is 25.9 Å². The fourth-order valence-electron chi connectivity index (χ4n) is 1.91. The van der Waals surface area contributed by atoms with Gasteiger partial charge in [-0.2, -0.15) is 0 Å². The van der Waals surface area contributed by atoms with Crippen LogP contribution >= 0.6 is 0 Å². The minimum Gasteiger partial charge on any atom is -0.376 e. The van der Waals surface area contributed by atoms with Crippen molar-refractivity contribution in [2.75, 3.05) is 13.2 Å². The predicted molar refractivity (Wildman–Crippen MR) is 64.0 cm³/mol. The first-order valence-corrected chi connectivity index (χ1v) is 6.24. The Balaban J connectivity index is 2.17. The summed E-state index contributed by atoms with van der Waals surface area (Å²) in [6.45, 7) is 5.56. The molecule has 0 bridgehead atoms. The minimum atomic E-state index is 0.114. The summed E-state index contributed by atoms with van der Waals surface area (Å²) in [5.41, 5.74) is 5.51. The molecule has 0 saturated carbocycles. The van der Waals surface area contributed by atoms with Gasteiger partial charge in [0, 0.05) is 13.0 Å². The first-order chi connectivity index (χ1) is 7.63. The highest BCUT2D eigenvalue weighted by Crippen LogP contribution is 2.15. The molecule has 3 N–H and O–H groups in total. The van der Waals surface area contributed by atoms with Crippen molar-refractivity contribution in [2.45, 2.75) is 51.7 Å². The van der Waals surface area contributed by atoms with Gasteiger partial charge in [0.15, 0.2) is 0 Å². The van der Waals surface area contributed by atoms with Crippen molar-refractivity contribution in [3.05, 3.63) is 0 Å². The zero-order valence-electron chi connectivity index (χ0n) is 10.4. The van der Waals surface area contributed by atoms with Crippen molar-refractivity contribution in [2.24, 2.45) is 11.7 Å². The molecule has 0 aromatic rings. The number of nitrogens with one attached hydrogen (secondary N) is 1. The Kier molecular flexibility index (Phi) is 5.77. The van der Waals surface area contributed by atoms with Crippen LogP contribution in [0.4, 0.5) is 0 Å². The summed E-state index contributed by atoms with van der Waals surface area (Å²) in [5, 5.41) is 3.00. The monoisotopic (exact) mass is 228 g/mol. The van der Waals surface area contributed by atoms with Crippen molar-refractivity contribution < 1.29 is 9.53 Å². The van der Waals surface area contributed by atoms with E-state index in [9.17, 15) is 4.79 Å². The number of ether oxygens (including phenoxy) is 1. The van der Waals surface area contributed by atoms with Gasteiger partial charge < -0.3 is 15.8 Å². The molecule has 4 heteroatoms. The molecule has 0 aromatic heterocycles. The molecule has 1 aliphatic heterocycles. The molecule has 94 valence electrons. The van der Waals surface area contributed by atoms with E-state index < -0.39 is 0 Å². The molecule has 0 aromatic carbocycles. The Morgan fingerprint density at radius 1 is 1.56 bits per heavy atom. The van der Waals surface area contributed by atoms with Gasteiger partial charge in [0.05, 0.1) is 12.1 Å². The van der Waals surface area contributed by atoms with Gasteiger partial charge in [0.1, 0.15) is 0 Å². The largest absolute Gasteiger partial charge is 0.376 e. The predicted octanol–water partition coefficient (Wildman–Crippen LogP) is 1.05. The first kappa shape index (κ1) is 13.5. The van der Waals surface area contributed by atoms with Crippen LogP contribution in [0, 0.1) is 5.92 Å². The summed E-state index contributed by atoms with van der Waals surface area (Å²) in [4.78, 5) is 11.6. The maximum Gasteiger partial charge on any atom is 0.220 e.